The minimum atomic E-state index is -1.03. The first-order valence-corrected chi connectivity index (χ1v) is 6.70. The molecule has 1 rings (SSSR count). The fraction of sp³-hybridized carbons (Fsp3) is 0.500. The summed E-state index contributed by atoms with van der Waals surface area (Å²) in [7, 11) is 0. The van der Waals surface area contributed by atoms with E-state index in [9.17, 15) is 14.9 Å². The summed E-state index contributed by atoms with van der Waals surface area (Å²) in [5.74, 6) is 0.107. The van der Waals surface area contributed by atoms with Crippen LogP contribution in [0.2, 0.25) is 0 Å². The number of nitrogens with two attached hydrogens (primary N) is 1. The summed E-state index contributed by atoms with van der Waals surface area (Å²) in [5, 5.41) is 10.5. The average molecular weight is 296 g/mol. The number of esters is 1. The van der Waals surface area contributed by atoms with Crippen molar-refractivity contribution in [3.63, 3.8) is 0 Å². The van der Waals surface area contributed by atoms with Gasteiger partial charge in [-0.25, -0.2) is 0 Å². The van der Waals surface area contributed by atoms with Crippen LogP contribution in [0, 0.1) is 10.1 Å². The van der Waals surface area contributed by atoms with Crippen LogP contribution in [0.25, 0.3) is 0 Å². The van der Waals surface area contributed by atoms with Crippen LogP contribution in [0.4, 0.5) is 5.69 Å². The standard InChI is InChI=1S/C14H20N2O5/c1-3-20-13(17)14(2,15)9-4-10-21-12-7-5-11(6-8-12)16(18)19/h5-8H,3-4,9-10,15H2,1-2H3. The number of carbonyl (C=O) groups is 1. The smallest absolute Gasteiger partial charge is 0.325 e. The van der Waals surface area contributed by atoms with Gasteiger partial charge in [0.2, 0.25) is 0 Å². The average Bonchev–Trinajstić information content (AvgIpc) is 2.44. The first kappa shape index (κ1) is 16.9. The lowest BCUT2D eigenvalue weighted by molar-refractivity contribution is -0.384. The van der Waals surface area contributed by atoms with Crippen molar-refractivity contribution in [3.8, 4) is 5.75 Å². The van der Waals surface area contributed by atoms with E-state index < -0.39 is 16.4 Å². The quantitative estimate of drug-likeness (QED) is 0.340. The molecule has 7 heteroatoms. The van der Waals surface area contributed by atoms with Crippen LogP contribution in [0.5, 0.6) is 5.75 Å². The van der Waals surface area contributed by atoms with Crippen molar-refractivity contribution in [1.82, 2.24) is 0 Å². The predicted octanol–water partition coefficient (Wildman–Crippen LogP) is 2.03. The van der Waals surface area contributed by atoms with E-state index in [4.69, 9.17) is 15.2 Å². The number of rotatable bonds is 8. The SMILES string of the molecule is CCOC(=O)C(C)(N)CCCOc1ccc([N+](=O)[O-])cc1. The third kappa shape index (κ3) is 5.39. The summed E-state index contributed by atoms with van der Waals surface area (Å²) >= 11 is 0. The Morgan fingerprint density at radius 2 is 2.00 bits per heavy atom. The molecule has 0 spiro atoms. The highest BCUT2D eigenvalue weighted by atomic mass is 16.6. The molecule has 21 heavy (non-hydrogen) atoms. The monoisotopic (exact) mass is 296 g/mol. The zero-order valence-corrected chi connectivity index (χ0v) is 12.2. The zero-order chi connectivity index (χ0) is 15.9. The Balaban J connectivity index is 2.37. The van der Waals surface area contributed by atoms with Gasteiger partial charge < -0.3 is 15.2 Å². The van der Waals surface area contributed by atoms with Crippen molar-refractivity contribution in [2.24, 2.45) is 5.73 Å². The van der Waals surface area contributed by atoms with E-state index in [0.29, 0.717) is 31.8 Å². The molecule has 1 atom stereocenters. The molecule has 0 aliphatic carbocycles. The van der Waals surface area contributed by atoms with Crippen LogP contribution < -0.4 is 10.5 Å². The van der Waals surface area contributed by atoms with Crippen molar-refractivity contribution in [2.75, 3.05) is 13.2 Å². The number of hydrogen-bond donors (Lipinski definition) is 1. The van der Waals surface area contributed by atoms with Crippen LogP contribution in [-0.2, 0) is 9.53 Å². The molecule has 0 aromatic heterocycles. The van der Waals surface area contributed by atoms with Crippen molar-refractivity contribution in [3.05, 3.63) is 34.4 Å². The van der Waals surface area contributed by atoms with E-state index in [-0.39, 0.29) is 5.69 Å². The largest absolute Gasteiger partial charge is 0.494 e. The maximum atomic E-state index is 11.6. The highest BCUT2D eigenvalue weighted by Crippen LogP contribution is 2.18. The minimum absolute atomic E-state index is 0.0131. The van der Waals surface area contributed by atoms with Crippen molar-refractivity contribution in [2.45, 2.75) is 32.2 Å². The first-order valence-electron chi connectivity index (χ1n) is 6.70. The van der Waals surface area contributed by atoms with Crippen LogP contribution in [0.15, 0.2) is 24.3 Å². The highest BCUT2D eigenvalue weighted by molar-refractivity contribution is 5.79. The number of hydrogen-bond acceptors (Lipinski definition) is 6. The van der Waals surface area contributed by atoms with Crippen molar-refractivity contribution < 1.29 is 19.2 Å². The Morgan fingerprint density at radius 3 is 2.52 bits per heavy atom. The third-order valence-electron chi connectivity index (χ3n) is 2.90. The lowest BCUT2D eigenvalue weighted by atomic mass is 9.98. The van der Waals surface area contributed by atoms with Gasteiger partial charge in [0.25, 0.3) is 5.69 Å². The third-order valence-corrected chi connectivity index (χ3v) is 2.90. The Morgan fingerprint density at radius 1 is 1.38 bits per heavy atom. The molecule has 0 heterocycles. The van der Waals surface area contributed by atoms with Gasteiger partial charge in [0.05, 0.1) is 18.1 Å². The Kier molecular flexibility index (Phi) is 6.10. The molecule has 116 valence electrons. The summed E-state index contributed by atoms with van der Waals surface area (Å²) in [5.41, 5.74) is 4.85. The summed E-state index contributed by atoms with van der Waals surface area (Å²) in [6, 6.07) is 5.82. The van der Waals surface area contributed by atoms with Crippen molar-refractivity contribution in [1.29, 1.82) is 0 Å². The van der Waals surface area contributed by atoms with Gasteiger partial charge in [-0.3, -0.25) is 14.9 Å². The molecule has 0 aliphatic rings. The predicted molar refractivity (Wildman–Crippen MR) is 77.1 cm³/mol. The molecular weight excluding hydrogens is 276 g/mol. The van der Waals surface area contributed by atoms with E-state index in [0.717, 1.165) is 0 Å². The van der Waals surface area contributed by atoms with E-state index >= 15 is 0 Å². The number of nitrogens with zero attached hydrogens (tertiary/aromatic N) is 1. The fourth-order valence-corrected chi connectivity index (χ4v) is 1.69. The van der Waals surface area contributed by atoms with Crippen LogP contribution in [0.3, 0.4) is 0 Å². The van der Waals surface area contributed by atoms with Gasteiger partial charge in [0.15, 0.2) is 0 Å². The van der Waals surface area contributed by atoms with Crippen LogP contribution >= 0.6 is 0 Å². The lowest BCUT2D eigenvalue weighted by Gasteiger charge is -2.21. The van der Waals surface area contributed by atoms with Crippen LogP contribution in [-0.4, -0.2) is 29.6 Å². The second kappa shape index (κ2) is 7.58. The molecule has 7 nitrogen and oxygen atoms in total. The molecule has 0 aliphatic heterocycles. The molecule has 0 saturated heterocycles. The number of benzene rings is 1. The van der Waals surface area contributed by atoms with Gasteiger partial charge in [-0.15, -0.1) is 0 Å². The van der Waals surface area contributed by atoms with Gasteiger partial charge in [0.1, 0.15) is 11.3 Å². The highest BCUT2D eigenvalue weighted by Gasteiger charge is 2.29. The summed E-state index contributed by atoms with van der Waals surface area (Å²) in [6.45, 7) is 4.01. The molecule has 0 saturated carbocycles. The van der Waals surface area contributed by atoms with E-state index in [1.54, 1.807) is 13.8 Å². The van der Waals surface area contributed by atoms with Gasteiger partial charge in [-0.2, -0.15) is 0 Å². The molecule has 0 bridgehead atoms. The summed E-state index contributed by atoms with van der Waals surface area (Å²) < 4.78 is 10.3. The number of nitro groups is 1. The van der Waals surface area contributed by atoms with Gasteiger partial charge >= 0.3 is 5.97 Å². The van der Waals surface area contributed by atoms with E-state index in [1.807, 2.05) is 0 Å². The molecule has 1 aromatic carbocycles. The second-order valence-corrected chi connectivity index (χ2v) is 4.84. The molecule has 0 radical (unpaired) electrons. The van der Waals surface area contributed by atoms with E-state index in [1.165, 1.54) is 24.3 Å². The summed E-state index contributed by atoms with van der Waals surface area (Å²) in [6.07, 6.45) is 1.00. The fourth-order valence-electron chi connectivity index (χ4n) is 1.69. The Labute approximate surface area is 123 Å². The number of carbonyl (C=O) groups excluding carboxylic acids is 1. The Hall–Kier alpha value is -2.15. The van der Waals surface area contributed by atoms with Crippen molar-refractivity contribution >= 4 is 11.7 Å². The van der Waals surface area contributed by atoms with Gasteiger partial charge in [-0.1, -0.05) is 0 Å². The number of nitro benzene ring substituents is 1. The van der Waals surface area contributed by atoms with Gasteiger partial charge in [0, 0.05) is 12.1 Å². The molecule has 1 aromatic rings. The number of non-ortho nitro benzene ring substituents is 1. The van der Waals surface area contributed by atoms with E-state index in [2.05, 4.69) is 0 Å². The molecule has 2 N–H and O–H groups in total. The second-order valence-electron chi connectivity index (χ2n) is 4.84. The maximum Gasteiger partial charge on any atom is 0.325 e. The topological polar surface area (TPSA) is 105 Å². The Bertz CT molecular complexity index is 485. The normalized spacial score (nSPS) is 13.3. The first-order chi connectivity index (χ1) is 9.86. The minimum Gasteiger partial charge on any atom is -0.494 e. The molecular formula is C14H20N2O5. The zero-order valence-electron chi connectivity index (χ0n) is 12.2. The molecule has 0 fully saturated rings. The summed E-state index contributed by atoms with van der Waals surface area (Å²) in [4.78, 5) is 21.6. The maximum absolute atomic E-state index is 11.6. The number of ether oxygens (including phenoxy) is 2. The van der Waals surface area contributed by atoms with Crippen LogP contribution in [0.1, 0.15) is 26.7 Å². The lowest BCUT2D eigenvalue weighted by Crippen LogP contribution is -2.46. The molecule has 0 amide bonds. The molecule has 1 unspecified atom stereocenters. The van der Waals surface area contributed by atoms with Gasteiger partial charge in [-0.05, 0) is 38.8 Å².